The van der Waals surface area contributed by atoms with Crippen molar-refractivity contribution in [1.29, 1.82) is 0 Å². The van der Waals surface area contributed by atoms with Crippen LogP contribution in [-0.2, 0) is 16.1 Å². The molecular weight excluding hydrogens is 412 g/mol. The minimum atomic E-state index is -0.849. The molecule has 2 fully saturated rings. The van der Waals surface area contributed by atoms with Gasteiger partial charge in [-0.05, 0) is 24.0 Å². The molecule has 2 aliphatic heterocycles. The average molecular weight is 439 g/mol. The van der Waals surface area contributed by atoms with E-state index in [0.717, 1.165) is 11.1 Å². The van der Waals surface area contributed by atoms with Gasteiger partial charge in [0.15, 0.2) is 5.78 Å². The van der Waals surface area contributed by atoms with Crippen LogP contribution >= 0.6 is 11.8 Å². The molecule has 1 N–H and O–H groups in total. The highest BCUT2D eigenvalue weighted by Crippen LogP contribution is 2.47. The molecule has 0 aliphatic carbocycles. The topological polar surface area (TPSA) is 77.9 Å². The summed E-state index contributed by atoms with van der Waals surface area (Å²) in [5.74, 6) is -0.114. The quantitative estimate of drug-likeness (QED) is 0.590. The highest BCUT2D eigenvalue weighted by atomic mass is 32.2. The molecule has 0 unspecified atom stereocenters. The van der Waals surface area contributed by atoms with Crippen molar-refractivity contribution in [3.8, 4) is 0 Å². The van der Waals surface area contributed by atoms with E-state index >= 15 is 0 Å². The molecule has 0 aromatic heterocycles. The third-order valence-electron chi connectivity index (χ3n) is 5.88. The third-order valence-corrected chi connectivity index (χ3v) is 7.22. The second kappa shape index (κ2) is 9.56. The number of urea groups is 1. The highest BCUT2D eigenvalue weighted by Gasteiger charge is 2.54. The Morgan fingerprint density at radius 1 is 0.968 bits per heavy atom. The van der Waals surface area contributed by atoms with Crippen molar-refractivity contribution in [2.75, 3.05) is 5.75 Å². The Balaban J connectivity index is 1.56. The first-order valence-electron chi connectivity index (χ1n) is 10.6. The molecule has 0 saturated carbocycles. The van der Waals surface area contributed by atoms with Gasteiger partial charge in [-0.25, -0.2) is 4.79 Å². The number of Topliss-reactive ketones (excluding diaryl/α,β-unsaturated/α-hetero) is 1. The number of unbranched alkanes of at least 4 members (excludes halogenated alkanes) is 1. The summed E-state index contributed by atoms with van der Waals surface area (Å²) in [6.07, 6.45) is 1.35. The minimum absolute atomic E-state index is 0.0245. The third kappa shape index (κ3) is 4.61. The largest absolute Gasteiger partial charge is 0.481 e. The van der Waals surface area contributed by atoms with Crippen LogP contribution in [0.15, 0.2) is 60.7 Å². The summed E-state index contributed by atoms with van der Waals surface area (Å²) in [5, 5.41) is 8.75. The van der Waals surface area contributed by atoms with Crippen molar-refractivity contribution in [2.45, 2.75) is 49.7 Å². The Morgan fingerprint density at radius 2 is 1.61 bits per heavy atom. The van der Waals surface area contributed by atoms with Gasteiger partial charge in [0.05, 0.1) is 6.04 Å². The summed E-state index contributed by atoms with van der Waals surface area (Å²) < 4.78 is 0. The molecule has 2 saturated heterocycles. The molecule has 0 bridgehead atoms. The fourth-order valence-corrected chi connectivity index (χ4v) is 5.90. The molecule has 6 nitrogen and oxygen atoms in total. The van der Waals surface area contributed by atoms with Gasteiger partial charge in [0, 0.05) is 25.1 Å². The molecule has 0 radical (unpaired) electrons. The Bertz CT molecular complexity index is 937. The summed E-state index contributed by atoms with van der Waals surface area (Å²) in [6, 6.07) is 18.9. The number of ketones is 1. The van der Waals surface area contributed by atoms with E-state index in [0.29, 0.717) is 31.6 Å². The number of amides is 2. The van der Waals surface area contributed by atoms with Gasteiger partial charge in [-0.3, -0.25) is 9.59 Å². The van der Waals surface area contributed by atoms with Crippen molar-refractivity contribution >= 4 is 29.5 Å². The fraction of sp³-hybridized carbons (Fsp3) is 0.375. The zero-order chi connectivity index (χ0) is 21.8. The lowest BCUT2D eigenvalue weighted by molar-refractivity contribution is -0.137. The van der Waals surface area contributed by atoms with E-state index in [1.54, 1.807) is 16.7 Å². The van der Waals surface area contributed by atoms with Crippen LogP contribution in [0.5, 0.6) is 0 Å². The Hall–Kier alpha value is -2.80. The van der Waals surface area contributed by atoms with Crippen LogP contribution in [0, 0.1) is 0 Å². The number of rotatable bonds is 9. The van der Waals surface area contributed by atoms with Crippen molar-refractivity contribution in [3.63, 3.8) is 0 Å². The smallest absolute Gasteiger partial charge is 0.322 e. The van der Waals surface area contributed by atoms with Crippen LogP contribution in [0.1, 0.15) is 42.2 Å². The average Bonchev–Trinajstić information content (AvgIpc) is 3.32. The summed E-state index contributed by atoms with van der Waals surface area (Å²) in [5.41, 5.74) is 2.06. The molecule has 2 aromatic rings. The van der Waals surface area contributed by atoms with Gasteiger partial charge < -0.3 is 14.9 Å². The van der Waals surface area contributed by atoms with E-state index in [1.165, 1.54) is 0 Å². The minimum Gasteiger partial charge on any atom is -0.481 e. The van der Waals surface area contributed by atoms with Crippen molar-refractivity contribution in [3.05, 3.63) is 71.8 Å². The standard InChI is InChI=1S/C24H26N2O4S/c27-20(13-7-8-14-21(28)29)22-19-16-31-23(18-11-5-2-6-12-18)26(19)24(30)25(22)15-17-9-3-1-4-10-17/h1-6,9-12,19,22-23H,7-8,13-16H2,(H,28,29)/t19-,22+,23-/m0/s1. The molecule has 0 spiro atoms. The van der Waals surface area contributed by atoms with Gasteiger partial charge in [0.1, 0.15) is 11.4 Å². The maximum atomic E-state index is 13.5. The van der Waals surface area contributed by atoms with Crippen LogP contribution in [0.2, 0.25) is 0 Å². The SMILES string of the molecule is O=C(O)CCCCC(=O)[C@H]1[C@@H]2CS[C@@H](c3ccccc3)N2C(=O)N1Cc1ccccc1. The summed E-state index contributed by atoms with van der Waals surface area (Å²) >= 11 is 1.70. The molecular formula is C24H26N2O4S. The number of benzene rings is 2. The normalized spacial score (nSPS) is 22.6. The van der Waals surface area contributed by atoms with E-state index in [-0.39, 0.29) is 29.7 Å². The van der Waals surface area contributed by atoms with Gasteiger partial charge in [0.2, 0.25) is 0 Å². The summed E-state index contributed by atoms with van der Waals surface area (Å²) in [7, 11) is 0. The Morgan fingerprint density at radius 3 is 2.29 bits per heavy atom. The molecule has 2 heterocycles. The predicted molar refractivity (Wildman–Crippen MR) is 120 cm³/mol. The van der Waals surface area contributed by atoms with Gasteiger partial charge in [0.25, 0.3) is 0 Å². The molecule has 4 rings (SSSR count). The Labute approximate surface area is 186 Å². The number of nitrogens with zero attached hydrogens (tertiary/aromatic N) is 2. The summed E-state index contributed by atoms with van der Waals surface area (Å²) in [4.78, 5) is 41.1. The first kappa shape index (κ1) is 21.4. The number of aliphatic carboxylic acids is 1. The first-order valence-corrected chi connectivity index (χ1v) is 11.6. The van der Waals surface area contributed by atoms with E-state index in [4.69, 9.17) is 5.11 Å². The molecule has 162 valence electrons. The van der Waals surface area contributed by atoms with Crippen molar-refractivity contribution in [2.24, 2.45) is 0 Å². The molecule has 2 aliphatic rings. The lowest BCUT2D eigenvalue weighted by Gasteiger charge is -2.25. The lowest BCUT2D eigenvalue weighted by atomic mass is 9.99. The zero-order valence-corrected chi connectivity index (χ0v) is 18.0. The predicted octanol–water partition coefficient (Wildman–Crippen LogP) is 4.32. The fourth-order valence-electron chi connectivity index (χ4n) is 4.42. The van der Waals surface area contributed by atoms with E-state index < -0.39 is 12.0 Å². The number of carbonyl (C=O) groups excluding carboxylic acids is 2. The van der Waals surface area contributed by atoms with Gasteiger partial charge in [-0.1, -0.05) is 60.7 Å². The summed E-state index contributed by atoms with van der Waals surface area (Å²) in [6.45, 7) is 0.393. The van der Waals surface area contributed by atoms with Crippen LogP contribution < -0.4 is 0 Å². The van der Waals surface area contributed by atoms with Crippen molar-refractivity contribution < 1.29 is 19.5 Å². The number of fused-ring (bicyclic) bond motifs is 1. The lowest BCUT2D eigenvalue weighted by Crippen LogP contribution is -2.43. The van der Waals surface area contributed by atoms with Gasteiger partial charge in [-0.15, -0.1) is 11.8 Å². The van der Waals surface area contributed by atoms with Crippen LogP contribution in [0.25, 0.3) is 0 Å². The van der Waals surface area contributed by atoms with Gasteiger partial charge in [-0.2, -0.15) is 0 Å². The molecule has 3 atom stereocenters. The molecule has 2 aromatic carbocycles. The number of hydrogen-bond acceptors (Lipinski definition) is 4. The van der Waals surface area contributed by atoms with Gasteiger partial charge >= 0.3 is 12.0 Å². The Kier molecular flexibility index (Phi) is 6.61. The molecule has 7 heteroatoms. The second-order valence-electron chi connectivity index (χ2n) is 7.98. The molecule has 31 heavy (non-hydrogen) atoms. The number of thioether (sulfide) groups is 1. The van der Waals surface area contributed by atoms with Crippen LogP contribution in [0.4, 0.5) is 4.79 Å². The monoisotopic (exact) mass is 438 g/mol. The van der Waals surface area contributed by atoms with Crippen LogP contribution in [-0.4, -0.2) is 50.5 Å². The molecule has 2 amide bonds. The van der Waals surface area contributed by atoms with Crippen molar-refractivity contribution in [1.82, 2.24) is 9.80 Å². The zero-order valence-electron chi connectivity index (χ0n) is 17.2. The number of carboxylic acid groups (broad SMARTS) is 1. The first-order chi connectivity index (χ1) is 15.1. The van der Waals surface area contributed by atoms with E-state index in [2.05, 4.69) is 0 Å². The van der Waals surface area contributed by atoms with E-state index in [9.17, 15) is 14.4 Å². The number of hydrogen-bond donors (Lipinski definition) is 1. The maximum absolute atomic E-state index is 13.5. The number of carboxylic acids is 1. The second-order valence-corrected chi connectivity index (χ2v) is 9.09. The van der Waals surface area contributed by atoms with E-state index in [1.807, 2.05) is 65.6 Å². The van der Waals surface area contributed by atoms with Crippen LogP contribution in [0.3, 0.4) is 0 Å². The number of carbonyl (C=O) groups is 3. The maximum Gasteiger partial charge on any atom is 0.322 e. The highest BCUT2D eigenvalue weighted by molar-refractivity contribution is 7.99.